The highest BCUT2D eigenvalue weighted by atomic mass is 35.5. The molecule has 0 radical (unpaired) electrons. The second kappa shape index (κ2) is 10.3. The van der Waals surface area contributed by atoms with Crippen LogP contribution in [0.4, 0.5) is 10.1 Å². The smallest absolute Gasteiger partial charge is 0.163 e. The molecule has 0 amide bonds. The summed E-state index contributed by atoms with van der Waals surface area (Å²) in [5, 5.41) is 4.79. The standard InChI is InChI=1S/C23H21Cl3FNO2/c1-3-29-22-9-15(12-28-16-8-7-14(2)19(25)10-16)20(26)11-23(22)30-13-17-18(24)5-4-6-21(17)27/h4-11,28H,3,12-13H2,1-2H3. The fourth-order valence-corrected chi connectivity index (χ4v) is 3.43. The molecule has 0 unspecified atom stereocenters. The number of halogens is 4. The Morgan fingerprint density at radius 3 is 2.37 bits per heavy atom. The molecule has 0 heterocycles. The summed E-state index contributed by atoms with van der Waals surface area (Å²) in [6, 6.07) is 13.7. The first-order valence-corrected chi connectivity index (χ1v) is 10.5. The van der Waals surface area contributed by atoms with E-state index in [1.807, 2.05) is 38.1 Å². The van der Waals surface area contributed by atoms with Gasteiger partial charge in [-0.2, -0.15) is 0 Å². The van der Waals surface area contributed by atoms with Crippen molar-refractivity contribution in [2.75, 3.05) is 11.9 Å². The van der Waals surface area contributed by atoms with Gasteiger partial charge in [0.05, 0.1) is 11.6 Å². The van der Waals surface area contributed by atoms with Gasteiger partial charge in [-0.1, -0.05) is 46.9 Å². The van der Waals surface area contributed by atoms with Gasteiger partial charge in [-0.15, -0.1) is 0 Å². The lowest BCUT2D eigenvalue weighted by atomic mass is 10.1. The molecule has 3 rings (SSSR count). The van der Waals surface area contributed by atoms with Crippen LogP contribution in [0, 0.1) is 12.7 Å². The van der Waals surface area contributed by atoms with Crippen molar-refractivity contribution in [1.29, 1.82) is 0 Å². The molecule has 0 aliphatic rings. The molecule has 0 bridgehead atoms. The second-order valence-electron chi connectivity index (χ2n) is 6.63. The van der Waals surface area contributed by atoms with Crippen molar-refractivity contribution in [1.82, 2.24) is 0 Å². The molecule has 0 aliphatic carbocycles. The van der Waals surface area contributed by atoms with E-state index < -0.39 is 5.82 Å². The maximum Gasteiger partial charge on any atom is 0.163 e. The summed E-state index contributed by atoms with van der Waals surface area (Å²) in [6.45, 7) is 4.70. The molecule has 0 fully saturated rings. The van der Waals surface area contributed by atoms with E-state index in [1.165, 1.54) is 6.07 Å². The van der Waals surface area contributed by atoms with Crippen LogP contribution in [0.1, 0.15) is 23.6 Å². The molecule has 1 N–H and O–H groups in total. The number of nitrogens with one attached hydrogen (secondary N) is 1. The van der Waals surface area contributed by atoms with E-state index in [0.717, 1.165) is 16.8 Å². The average molecular weight is 469 g/mol. The third-order valence-electron chi connectivity index (χ3n) is 4.50. The summed E-state index contributed by atoms with van der Waals surface area (Å²) >= 11 is 18.7. The highest BCUT2D eigenvalue weighted by molar-refractivity contribution is 6.32. The number of ether oxygens (including phenoxy) is 2. The Kier molecular flexibility index (Phi) is 7.70. The molecule has 0 atom stereocenters. The molecule has 0 aromatic heterocycles. The molecule has 0 aliphatic heterocycles. The number of aryl methyl sites for hydroxylation is 1. The Bertz CT molecular complexity index is 1020. The SMILES string of the molecule is CCOc1cc(CNc2ccc(C)c(Cl)c2)c(Cl)cc1OCc1c(F)cccc1Cl. The fraction of sp³-hybridized carbons (Fsp3) is 0.217. The van der Waals surface area contributed by atoms with Gasteiger partial charge in [0.25, 0.3) is 0 Å². The van der Waals surface area contributed by atoms with E-state index in [-0.39, 0.29) is 12.2 Å². The minimum Gasteiger partial charge on any atom is -0.490 e. The monoisotopic (exact) mass is 467 g/mol. The van der Waals surface area contributed by atoms with E-state index in [1.54, 1.807) is 18.2 Å². The van der Waals surface area contributed by atoms with Crippen LogP contribution < -0.4 is 14.8 Å². The summed E-state index contributed by atoms with van der Waals surface area (Å²) in [5.74, 6) is 0.514. The lowest BCUT2D eigenvalue weighted by molar-refractivity contribution is 0.265. The van der Waals surface area contributed by atoms with Gasteiger partial charge in [0.15, 0.2) is 11.5 Å². The van der Waals surface area contributed by atoms with Gasteiger partial charge >= 0.3 is 0 Å². The zero-order chi connectivity index (χ0) is 21.7. The van der Waals surface area contributed by atoms with Crippen molar-refractivity contribution in [3.05, 3.63) is 86.1 Å². The van der Waals surface area contributed by atoms with Crippen LogP contribution in [0.25, 0.3) is 0 Å². The minimum absolute atomic E-state index is 0.0403. The van der Waals surface area contributed by atoms with Gasteiger partial charge in [0, 0.05) is 33.9 Å². The van der Waals surface area contributed by atoms with Gasteiger partial charge in [-0.3, -0.25) is 0 Å². The average Bonchev–Trinajstić information content (AvgIpc) is 2.71. The first-order chi connectivity index (χ1) is 14.4. The fourth-order valence-electron chi connectivity index (χ4n) is 2.81. The van der Waals surface area contributed by atoms with Crippen LogP contribution in [0.3, 0.4) is 0 Å². The van der Waals surface area contributed by atoms with E-state index in [4.69, 9.17) is 44.3 Å². The topological polar surface area (TPSA) is 30.5 Å². The van der Waals surface area contributed by atoms with Gasteiger partial charge < -0.3 is 14.8 Å². The molecule has 3 aromatic rings. The third-order valence-corrected chi connectivity index (χ3v) is 5.61. The molecule has 0 saturated carbocycles. The van der Waals surface area contributed by atoms with E-state index in [9.17, 15) is 4.39 Å². The summed E-state index contributed by atoms with van der Waals surface area (Å²) in [7, 11) is 0. The molecular formula is C23H21Cl3FNO2. The van der Waals surface area contributed by atoms with Crippen LogP contribution in [-0.4, -0.2) is 6.61 Å². The summed E-state index contributed by atoms with van der Waals surface area (Å²) in [4.78, 5) is 0. The molecule has 3 nitrogen and oxygen atoms in total. The second-order valence-corrected chi connectivity index (χ2v) is 7.85. The Labute approximate surface area is 190 Å². The minimum atomic E-state index is -0.427. The number of hydrogen-bond acceptors (Lipinski definition) is 3. The maximum absolute atomic E-state index is 14.0. The molecule has 3 aromatic carbocycles. The largest absolute Gasteiger partial charge is 0.490 e. The predicted octanol–water partition coefficient (Wildman–Crippen LogP) is 7.68. The van der Waals surface area contributed by atoms with Crippen LogP contribution in [-0.2, 0) is 13.2 Å². The number of hydrogen-bond donors (Lipinski definition) is 1. The lowest BCUT2D eigenvalue weighted by Gasteiger charge is -2.16. The Morgan fingerprint density at radius 1 is 0.900 bits per heavy atom. The lowest BCUT2D eigenvalue weighted by Crippen LogP contribution is -2.05. The Hall–Kier alpha value is -2.14. The molecule has 0 saturated heterocycles. The van der Waals surface area contributed by atoms with Crippen LogP contribution >= 0.6 is 34.8 Å². The molecule has 30 heavy (non-hydrogen) atoms. The zero-order valence-corrected chi connectivity index (χ0v) is 18.8. The number of rotatable bonds is 8. The van der Waals surface area contributed by atoms with Gasteiger partial charge in [0.1, 0.15) is 12.4 Å². The summed E-state index contributed by atoms with van der Waals surface area (Å²) in [6.07, 6.45) is 0. The molecule has 7 heteroatoms. The third kappa shape index (κ3) is 5.51. The van der Waals surface area contributed by atoms with Crippen molar-refractivity contribution >= 4 is 40.5 Å². The van der Waals surface area contributed by atoms with Crippen molar-refractivity contribution in [3.63, 3.8) is 0 Å². The van der Waals surface area contributed by atoms with Crippen LogP contribution in [0.15, 0.2) is 48.5 Å². The van der Waals surface area contributed by atoms with Crippen molar-refractivity contribution in [3.8, 4) is 11.5 Å². The maximum atomic E-state index is 14.0. The van der Waals surface area contributed by atoms with Crippen molar-refractivity contribution in [2.45, 2.75) is 27.0 Å². The van der Waals surface area contributed by atoms with Crippen molar-refractivity contribution < 1.29 is 13.9 Å². The molecule has 158 valence electrons. The Morgan fingerprint density at radius 2 is 1.67 bits per heavy atom. The quantitative estimate of drug-likeness (QED) is 0.368. The zero-order valence-electron chi connectivity index (χ0n) is 16.6. The van der Waals surface area contributed by atoms with Crippen molar-refractivity contribution in [2.24, 2.45) is 0 Å². The summed E-state index contributed by atoms with van der Waals surface area (Å²) < 4.78 is 25.5. The molecular weight excluding hydrogens is 448 g/mol. The molecule has 0 spiro atoms. The van der Waals surface area contributed by atoms with Crippen LogP contribution in [0.2, 0.25) is 15.1 Å². The van der Waals surface area contributed by atoms with E-state index >= 15 is 0 Å². The van der Waals surface area contributed by atoms with Gasteiger partial charge in [-0.25, -0.2) is 4.39 Å². The van der Waals surface area contributed by atoms with E-state index in [2.05, 4.69) is 5.32 Å². The van der Waals surface area contributed by atoms with Gasteiger partial charge in [0.2, 0.25) is 0 Å². The van der Waals surface area contributed by atoms with E-state index in [0.29, 0.717) is 39.7 Å². The first kappa shape index (κ1) is 22.5. The highest BCUT2D eigenvalue weighted by Crippen LogP contribution is 2.35. The predicted molar refractivity (Wildman–Crippen MR) is 122 cm³/mol. The number of anilines is 1. The Balaban J connectivity index is 1.78. The number of benzene rings is 3. The first-order valence-electron chi connectivity index (χ1n) is 9.40. The van der Waals surface area contributed by atoms with Crippen LogP contribution in [0.5, 0.6) is 11.5 Å². The van der Waals surface area contributed by atoms with Gasteiger partial charge in [-0.05, 0) is 55.3 Å². The summed E-state index contributed by atoms with van der Waals surface area (Å²) in [5.41, 5.74) is 3.00. The highest BCUT2D eigenvalue weighted by Gasteiger charge is 2.14. The normalized spacial score (nSPS) is 10.7.